The van der Waals surface area contributed by atoms with Crippen LogP contribution < -0.4 is 4.74 Å². The first-order valence-corrected chi connectivity index (χ1v) is 17.2. The van der Waals surface area contributed by atoms with Crippen molar-refractivity contribution in [3.8, 4) is 5.75 Å². The molecular weight excluding hydrogens is 490 g/mol. The van der Waals surface area contributed by atoms with E-state index in [-0.39, 0.29) is 34.7 Å². The fraction of sp³-hybridized carbons (Fsp3) is 0.594. The van der Waals surface area contributed by atoms with Gasteiger partial charge in [0.2, 0.25) is 5.91 Å². The fourth-order valence-corrected chi connectivity index (χ4v) is 8.13. The summed E-state index contributed by atoms with van der Waals surface area (Å²) >= 11 is 0. The molecule has 0 unspecified atom stereocenters. The molecule has 0 N–H and O–H groups in total. The summed E-state index contributed by atoms with van der Waals surface area (Å²) in [6.07, 6.45) is 5.46. The van der Waals surface area contributed by atoms with Crippen molar-refractivity contribution in [2.24, 2.45) is 5.92 Å². The molecule has 2 bridgehead atoms. The molecule has 0 radical (unpaired) electrons. The Hall–Kier alpha value is -2.15. The molecule has 3 aliphatic rings. The topological polar surface area (TPSA) is 48.0 Å². The zero-order valence-electron chi connectivity index (χ0n) is 24.0. The summed E-state index contributed by atoms with van der Waals surface area (Å²) in [5.41, 5.74) is 2.37. The highest BCUT2D eigenvalue weighted by Crippen LogP contribution is 2.54. The Morgan fingerprint density at radius 3 is 2.37 bits per heavy atom. The molecule has 1 amide bonds. The molecule has 2 heterocycles. The number of rotatable bonds is 8. The van der Waals surface area contributed by atoms with E-state index in [2.05, 4.69) is 75.2 Å². The van der Waals surface area contributed by atoms with Crippen molar-refractivity contribution in [1.29, 1.82) is 0 Å². The second-order valence-electron chi connectivity index (χ2n) is 13.2. The highest BCUT2D eigenvalue weighted by Gasteiger charge is 2.61. The lowest BCUT2D eigenvalue weighted by molar-refractivity contribution is -0.173. The third kappa shape index (κ3) is 5.19. The first kappa shape index (κ1) is 27.4. The van der Waals surface area contributed by atoms with Gasteiger partial charge in [-0.2, -0.15) is 0 Å². The van der Waals surface area contributed by atoms with Gasteiger partial charge in [-0.1, -0.05) is 63.2 Å². The van der Waals surface area contributed by atoms with Crippen LogP contribution in [0.1, 0.15) is 64.0 Å². The Morgan fingerprint density at radius 1 is 1.00 bits per heavy atom. The maximum Gasteiger partial charge on any atom is 0.223 e. The summed E-state index contributed by atoms with van der Waals surface area (Å²) in [6, 6.07) is 18.8. The second-order valence-corrected chi connectivity index (χ2v) is 17.9. The molecule has 1 spiro atoms. The minimum atomic E-state index is -2.12. The second kappa shape index (κ2) is 10.4. The Kier molecular flexibility index (Phi) is 7.53. The molecule has 2 aromatic rings. The Balaban J connectivity index is 1.50. The van der Waals surface area contributed by atoms with Crippen LogP contribution in [0.3, 0.4) is 0 Å². The maximum atomic E-state index is 13.5. The average Bonchev–Trinajstić information content (AvgIpc) is 3.21. The lowest BCUT2D eigenvalue weighted by Crippen LogP contribution is -2.69. The summed E-state index contributed by atoms with van der Waals surface area (Å²) in [7, 11) is -0.423. The molecule has 3 fully saturated rings. The molecule has 6 heteroatoms. The molecule has 1 aliphatic carbocycles. The zero-order valence-corrected chi connectivity index (χ0v) is 25.0. The number of ether oxygens (including phenoxy) is 2. The Morgan fingerprint density at radius 2 is 1.71 bits per heavy atom. The van der Waals surface area contributed by atoms with Crippen LogP contribution in [0.5, 0.6) is 5.75 Å². The van der Waals surface area contributed by atoms with E-state index >= 15 is 0 Å². The van der Waals surface area contributed by atoms with Crippen LogP contribution >= 0.6 is 0 Å². The SMILES string of the molecule is COc1ccc(C[C@H]2[C@@H](O[Si](C)(C)C(C)(C)C)[C@H]3C[C@]4(CCC(=O)N24)CC[C@H]3OCc2ccccc2)cc1. The Labute approximate surface area is 230 Å². The van der Waals surface area contributed by atoms with Crippen LogP contribution in [-0.2, 0) is 27.0 Å². The van der Waals surface area contributed by atoms with Gasteiger partial charge in [0.15, 0.2) is 8.32 Å². The van der Waals surface area contributed by atoms with Gasteiger partial charge in [-0.3, -0.25) is 4.79 Å². The standard InChI is InChI=1S/C32H45NO4Si/c1-31(2,3)38(5,6)37-30-26-21-32(18-16-28(26)36-22-24-10-8-7-9-11-24)19-17-29(34)33(32)27(30)20-23-12-14-25(35-4)15-13-23/h7-15,26-28,30H,16-22H2,1-6H3/t26-,27-,28+,30-,32+/m0/s1. The van der Waals surface area contributed by atoms with Gasteiger partial charge >= 0.3 is 0 Å². The van der Waals surface area contributed by atoms with E-state index in [0.717, 1.165) is 37.9 Å². The van der Waals surface area contributed by atoms with Crippen LogP contribution in [0.2, 0.25) is 18.1 Å². The minimum absolute atomic E-state index is 0.00870. The molecule has 5 atom stereocenters. The lowest BCUT2D eigenvalue weighted by atomic mass is 9.65. The summed E-state index contributed by atoms with van der Waals surface area (Å²) in [6.45, 7) is 12.2. The number of nitrogens with zero attached hydrogens (tertiary/aromatic N) is 1. The van der Waals surface area contributed by atoms with E-state index in [0.29, 0.717) is 18.9 Å². The lowest BCUT2D eigenvalue weighted by Gasteiger charge is -2.60. The fourth-order valence-electron chi connectivity index (χ4n) is 6.76. The molecule has 1 saturated carbocycles. The molecule has 206 valence electrons. The number of methoxy groups -OCH3 is 1. The quantitative estimate of drug-likeness (QED) is 0.351. The van der Waals surface area contributed by atoms with Gasteiger partial charge in [0, 0.05) is 17.9 Å². The van der Waals surface area contributed by atoms with Crippen molar-refractivity contribution in [2.45, 2.75) is 108 Å². The van der Waals surface area contributed by atoms with Crippen LogP contribution in [0.4, 0.5) is 0 Å². The summed E-state index contributed by atoms with van der Waals surface area (Å²) in [5.74, 6) is 1.42. The van der Waals surface area contributed by atoms with Crippen molar-refractivity contribution >= 4 is 14.2 Å². The van der Waals surface area contributed by atoms with Crippen molar-refractivity contribution < 1.29 is 18.7 Å². The number of amides is 1. The molecular formula is C32H45NO4Si. The highest BCUT2D eigenvalue weighted by atomic mass is 28.4. The number of carbonyl (C=O) groups is 1. The number of piperidine rings is 1. The van der Waals surface area contributed by atoms with Crippen molar-refractivity contribution in [1.82, 2.24) is 4.90 Å². The number of carbonyl (C=O) groups excluding carboxylic acids is 1. The van der Waals surface area contributed by atoms with E-state index < -0.39 is 8.32 Å². The molecule has 2 aromatic carbocycles. The van der Waals surface area contributed by atoms with Gasteiger partial charge in [0.05, 0.1) is 32.0 Å². The van der Waals surface area contributed by atoms with Crippen LogP contribution in [0.15, 0.2) is 54.6 Å². The highest BCUT2D eigenvalue weighted by molar-refractivity contribution is 6.74. The predicted molar refractivity (Wildman–Crippen MR) is 154 cm³/mol. The number of hydrogen-bond acceptors (Lipinski definition) is 4. The number of fused-ring (bicyclic) bond motifs is 1. The summed E-state index contributed by atoms with van der Waals surface area (Å²) in [4.78, 5) is 15.8. The largest absolute Gasteiger partial charge is 0.497 e. The Bertz CT molecular complexity index is 1110. The van der Waals surface area contributed by atoms with E-state index in [1.165, 1.54) is 11.1 Å². The van der Waals surface area contributed by atoms with Crippen molar-refractivity contribution in [3.05, 3.63) is 65.7 Å². The summed E-state index contributed by atoms with van der Waals surface area (Å²) < 4.78 is 19.4. The van der Waals surface area contributed by atoms with Crippen LogP contribution in [-0.4, -0.2) is 50.0 Å². The molecule has 5 nitrogen and oxygen atoms in total. The normalized spacial score (nSPS) is 29.3. The number of benzene rings is 2. The first-order chi connectivity index (χ1) is 18.0. The molecule has 2 saturated heterocycles. The average molecular weight is 536 g/mol. The first-order valence-electron chi connectivity index (χ1n) is 14.3. The van der Waals surface area contributed by atoms with E-state index in [1.54, 1.807) is 7.11 Å². The monoisotopic (exact) mass is 535 g/mol. The third-order valence-electron chi connectivity index (χ3n) is 9.85. The maximum absolute atomic E-state index is 13.5. The number of hydrogen-bond donors (Lipinski definition) is 0. The minimum Gasteiger partial charge on any atom is -0.497 e. The van der Waals surface area contributed by atoms with Gasteiger partial charge < -0.3 is 18.8 Å². The zero-order chi connectivity index (χ0) is 27.1. The van der Waals surface area contributed by atoms with Crippen LogP contribution in [0, 0.1) is 5.92 Å². The van der Waals surface area contributed by atoms with Gasteiger partial charge in [0.1, 0.15) is 5.75 Å². The van der Waals surface area contributed by atoms with Gasteiger partial charge in [-0.25, -0.2) is 0 Å². The van der Waals surface area contributed by atoms with Gasteiger partial charge in [-0.05, 0) is 73.5 Å². The summed E-state index contributed by atoms with van der Waals surface area (Å²) in [5, 5.41) is 0.0796. The smallest absolute Gasteiger partial charge is 0.223 e. The van der Waals surface area contributed by atoms with Gasteiger partial charge in [0.25, 0.3) is 0 Å². The predicted octanol–water partition coefficient (Wildman–Crippen LogP) is 6.76. The third-order valence-corrected chi connectivity index (χ3v) is 14.3. The molecule has 2 aliphatic heterocycles. The van der Waals surface area contributed by atoms with Crippen molar-refractivity contribution in [3.63, 3.8) is 0 Å². The molecule has 0 aromatic heterocycles. The van der Waals surface area contributed by atoms with E-state index in [4.69, 9.17) is 13.9 Å². The van der Waals surface area contributed by atoms with Gasteiger partial charge in [-0.15, -0.1) is 0 Å². The van der Waals surface area contributed by atoms with Crippen LogP contribution in [0.25, 0.3) is 0 Å². The van der Waals surface area contributed by atoms with E-state index in [1.807, 2.05) is 18.2 Å². The molecule has 5 rings (SSSR count). The van der Waals surface area contributed by atoms with Crippen molar-refractivity contribution in [2.75, 3.05) is 7.11 Å². The van der Waals surface area contributed by atoms with E-state index in [9.17, 15) is 4.79 Å². The molecule has 38 heavy (non-hydrogen) atoms.